The number of fused-ring (bicyclic) bond motifs is 4. The fraction of sp³-hybridized carbons (Fsp3) is 0.250. The summed E-state index contributed by atoms with van der Waals surface area (Å²) in [5, 5.41) is 30.5. The van der Waals surface area contributed by atoms with E-state index in [-0.39, 0.29) is 6.61 Å². The van der Waals surface area contributed by atoms with Gasteiger partial charge in [-0.1, -0.05) is 60.7 Å². The van der Waals surface area contributed by atoms with E-state index in [1.807, 2.05) is 6.92 Å². The first-order valence-electron chi connectivity index (χ1n) is 9.39. The van der Waals surface area contributed by atoms with Crippen LogP contribution in [0.4, 0.5) is 0 Å². The van der Waals surface area contributed by atoms with Crippen molar-refractivity contribution in [1.29, 1.82) is 0 Å². The van der Waals surface area contributed by atoms with Gasteiger partial charge in [0, 0.05) is 6.54 Å². The van der Waals surface area contributed by atoms with Gasteiger partial charge < -0.3 is 15.5 Å². The molecule has 3 N–H and O–H groups in total. The molecule has 0 aliphatic heterocycles. The first-order chi connectivity index (χ1) is 13.0. The van der Waals surface area contributed by atoms with E-state index in [0.717, 1.165) is 0 Å². The predicted octanol–water partition coefficient (Wildman–Crippen LogP) is 4.37. The second kappa shape index (κ2) is 6.93. The highest BCUT2D eigenvalue weighted by atomic mass is 16.3. The van der Waals surface area contributed by atoms with Gasteiger partial charge in [-0.15, -0.1) is 0 Å². The molecule has 4 aromatic rings. The van der Waals surface area contributed by atoms with Crippen molar-refractivity contribution in [3.05, 3.63) is 72.3 Å². The standard InChI is InChI=1S/C24H25NO2/c1-16(27)24(2,15-26)25-14-23-20-10-6-4-8-18(20)13-22-19-9-5-3-7-17(19)11-12-21(22)23/h3-13,16,25-27H,14-15H2,1-2H3/t16-,24+/m0/s1. The maximum Gasteiger partial charge on any atom is 0.0713 e. The minimum atomic E-state index is -0.750. The highest BCUT2D eigenvalue weighted by Crippen LogP contribution is 2.33. The molecule has 0 saturated heterocycles. The van der Waals surface area contributed by atoms with Crippen LogP contribution in [-0.4, -0.2) is 28.5 Å². The van der Waals surface area contributed by atoms with E-state index in [2.05, 4.69) is 72.0 Å². The molecule has 0 aromatic heterocycles. The molecule has 4 aromatic carbocycles. The summed E-state index contributed by atoms with van der Waals surface area (Å²) in [5.74, 6) is 0. The van der Waals surface area contributed by atoms with Crippen LogP contribution in [0.2, 0.25) is 0 Å². The Morgan fingerprint density at radius 2 is 1.52 bits per heavy atom. The fourth-order valence-electron chi connectivity index (χ4n) is 3.73. The molecule has 2 atom stereocenters. The number of benzene rings is 4. The molecule has 0 heterocycles. The molecule has 0 spiro atoms. The number of hydrogen-bond acceptors (Lipinski definition) is 3. The lowest BCUT2D eigenvalue weighted by Crippen LogP contribution is -2.53. The highest BCUT2D eigenvalue weighted by Gasteiger charge is 2.28. The Balaban J connectivity index is 1.95. The average molecular weight is 359 g/mol. The lowest BCUT2D eigenvalue weighted by Gasteiger charge is -2.32. The third-order valence-electron chi connectivity index (χ3n) is 5.80. The van der Waals surface area contributed by atoms with Crippen molar-refractivity contribution in [2.45, 2.75) is 32.0 Å². The van der Waals surface area contributed by atoms with Crippen LogP contribution in [0.5, 0.6) is 0 Å². The number of rotatable bonds is 5. The minimum absolute atomic E-state index is 0.129. The Morgan fingerprint density at radius 3 is 2.22 bits per heavy atom. The van der Waals surface area contributed by atoms with Gasteiger partial charge in [-0.05, 0) is 57.8 Å². The van der Waals surface area contributed by atoms with Crippen molar-refractivity contribution in [3.63, 3.8) is 0 Å². The number of nitrogens with one attached hydrogen (secondary N) is 1. The summed E-state index contributed by atoms with van der Waals surface area (Å²) in [7, 11) is 0. The van der Waals surface area contributed by atoms with Crippen LogP contribution in [0.1, 0.15) is 19.4 Å². The van der Waals surface area contributed by atoms with Gasteiger partial charge >= 0.3 is 0 Å². The maximum atomic E-state index is 10.1. The third-order valence-corrected chi connectivity index (χ3v) is 5.80. The zero-order valence-electron chi connectivity index (χ0n) is 15.7. The van der Waals surface area contributed by atoms with Crippen LogP contribution in [-0.2, 0) is 6.54 Å². The Bertz CT molecular complexity index is 1120. The summed E-state index contributed by atoms with van der Waals surface area (Å²) < 4.78 is 0. The molecule has 3 nitrogen and oxygen atoms in total. The third kappa shape index (κ3) is 3.08. The lowest BCUT2D eigenvalue weighted by molar-refractivity contribution is 0.0405. The Morgan fingerprint density at radius 1 is 0.852 bits per heavy atom. The summed E-state index contributed by atoms with van der Waals surface area (Å²) in [6.45, 7) is 3.99. The number of aliphatic hydroxyl groups is 2. The van der Waals surface area contributed by atoms with E-state index in [1.54, 1.807) is 6.92 Å². The van der Waals surface area contributed by atoms with Gasteiger partial charge in [0.1, 0.15) is 0 Å². The van der Waals surface area contributed by atoms with E-state index < -0.39 is 11.6 Å². The van der Waals surface area contributed by atoms with Gasteiger partial charge in [-0.3, -0.25) is 0 Å². The average Bonchev–Trinajstić information content (AvgIpc) is 2.70. The van der Waals surface area contributed by atoms with Crippen molar-refractivity contribution < 1.29 is 10.2 Å². The SMILES string of the molecule is C[C@H](O)[C@@](C)(CO)NCc1c2ccccc2cc2c1ccc1ccccc12. The summed E-state index contributed by atoms with van der Waals surface area (Å²) in [4.78, 5) is 0. The molecule has 0 unspecified atom stereocenters. The van der Waals surface area contributed by atoms with Crippen molar-refractivity contribution in [2.24, 2.45) is 0 Å². The molecule has 27 heavy (non-hydrogen) atoms. The van der Waals surface area contributed by atoms with Gasteiger partial charge in [0.05, 0.1) is 18.2 Å². The van der Waals surface area contributed by atoms with Gasteiger partial charge in [0.2, 0.25) is 0 Å². The minimum Gasteiger partial charge on any atom is -0.394 e. The van der Waals surface area contributed by atoms with E-state index in [0.29, 0.717) is 6.54 Å². The van der Waals surface area contributed by atoms with Crippen molar-refractivity contribution in [1.82, 2.24) is 5.32 Å². The predicted molar refractivity (Wildman–Crippen MR) is 113 cm³/mol. The summed E-state index contributed by atoms with van der Waals surface area (Å²) in [5.41, 5.74) is 0.439. The van der Waals surface area contributed by atoms with Gasteiger partial charge in [0.25, 0.3) is 0 Å². The van der Waals surface area contributed by atoms with E-state index in [4.69, 9.17) is 0 Å². The molecule has 0 amide bonds. The molecule has 0 radical (unpaired) electrons. The molecule has 0 saturated carbocycles. The number of aliphatic hydroxyl groups excluding tert-OH is 2. The van der Waals surface area contributed by atoms with Crippen molar-refractivity contribution in [2.75, 3.05) is 6.61 Å². The molecule has 138 valence electrons. The van der Waals surface area contributed by atoms with E-state index >= 15 is 0 Å². The van der Waals surface area contributed by atoms with E-state index in [1.165, 1.54) is 37.9 Å². The molecule has 0 aliphatic carbocycles. The zero-order valence-corrected chi connectivity index (χ0v) is 15.7. The molecule has 3 heteroatoms. The van der Waals surface area contributed by atoms with Crippen LogP contribution in [0.25, 0.3) is 32.3 Å². The normalized spacial score (nSPS) is 15.3. The highest BCUT2D eigenvalue weighted by molar-refractivity contribution is 6.14. The first kappa shape index (κ1) is 17.9. The van der Waals surface area contributed by atoms with Crippen LogP contribution in [0.15, 0.2) is 66.7 Å². The largest absolute Gasteiger partial charge is 0.394 e. The number of hydrogen-bond donors (Lipinski definition) is 3. The Hall–Kier alpha value is -2.46. The lowest BCUT2D eigenvalue weighted by atomic mass is 9.92. The van der Waals surface area contributed by atoms with Crippen LogP contribution < -0.4 is 5.32 Å². The second-order valence-corrected chi connectivity index (χ2v) is 7.56. The molecule has 0 bridgehead atoms. The van der Waals surface area contributed by atoms with Crippen LogP contribution in [0, 0.1) is 0 Å². The fourth-order valence-corrected chi connectivity index (χ4v) is 3.73. The van der Waals surface area contributed by atoms with Crippen LogP contribution >= 0.6 is 0 Å². The molecule has 4 rings (SSSR count). The van der Waals surface area contributed by atoms with Crippen molar-refractivity contribution in [3.8, 4) is 0 Å². The topological polar surface area (TPSA) is 52.5 Å². The second-order valence-electron chi connectivity index (χ2n) is 7.56. The first-order valence-corrected chi connectivity index (χ1v) is 9.39. The van der Waals surface area contributed by atoms with Crippen molar-refractivity contribution >= 4 is 32.3 Å². The molecule has 0 fully saturated rings. The molecular formula is C24H25NO2. The smallest absolute Gasteiger partial charge is 0.0713 e. The monoisotopic (exact) mass is 359 g/mol. The molecular weight excluding hydrogens is 334 g/mol. The van der Waals surface area contributed by atoms with Crippen LogP contribution in [0.3, 0.4) is 0 Å². The molecule has 0 aliphatic rings. The summed E-state index contributed by atoms with van der Waals surface area (Å²) >= 11 is 0. The van der Waals surface area contributed by atoms with E-state index in [9.17, 15) is 10.2 Å². The van der Waals surface area contributed by atoms with Gasteiger partial charge in [0.15, 0.2) is 0 Å². The zero-order chi connectivity index (χ0) is 19.0. The Kier molecular flexibility index (Phi) is 4.60. The Labute approximate surface area is 159 Å². The van der Waals surface area contributed by atoms with Gasteiger partial charge in [-0.2, -0.15) is 0 Å². The summed E-state index contributed by atoms with van der Waals surface area (Å²) in [6.07, 6.45) is -0.662. The maximum absolute atomic E-state index is 10.1. The quantitative estimate of drug-likeness (QED) is 0.366. The van der Waals surface area contributed by atoms with Gasteiger partial charge in [-0.25, -0.2) is 0 Å². The summed E-state index contributed by atoms with van der Waals surface area (Å²) in [6, 6.07) is 23.4.